The minimum Gasteiger partial charge on any atom is -0.477 e. The molecular weight excluding hydrogens is 1080 g/mol. The highest BCUT2D eigenvalue weighted by atomic mass is 16.7. The van der Waals surface area contributed by atoms with Crippen molar-refractivity contribution in [3.63, 3.8) is 0 Å². The quantitative estimate of drug-likeness (QED) is 0.0211. The fraction of sp³-hybridized carbons (Fsp3) is 0.500. The lowest BCUT2D eigenvalue weighted by Gasteiger charge is -2.25. The largest absolute Gasteiger partial charge is 0.477 e. The first-order valence-electron chi connectivity index (χ1n) is 32.9. The Hall–Kier alpha value is -6.39. The van der Waals surface area contributed by atoms with E-state index in [1.54, 1.807) is 0 Å². The zero-order valence-electron chi connectivity index (χ0n) is 54.8. The number of hydrogen-bond acceptors (Lipinski definition) is 7. The fourth-order valence-electron chi connectivity index (χ4n) is 7.76. The van der Waals surface area contributed by atoms with E-state index >= 15 is 0 Å². The van der Waals surface area contributed by atoms with Gasteiger partial charge in [0.25, 0.3) is 6.29 Å². The second-order valence-electron chi connectivity index (χ2n) is 22.0. The molecule has 482 valence electrons. The van der Waals surface area contributed by atoms with Gasteiger partial charge in [0.1, 0.15) is 13.2 Å². The van der Waals surface area contributed by atoms with Crippen LogP contribution in [0.4, 0.5) is 0 Å². The van der Waals surface area contributed by atoms with Crippen molar-refractivity contribution in [2.24, 2.45) is 0 Å². The Morgan fingerprint density at radius 2 is 0.621 bits per heavy atom. The number of carbonyl (C=O) groups is 3. The molecule has 9 nitrogen and oxygen atoms in total. The SMILES string of the molecule is CC/C=C\C/C=C\C/C=C\C/C=C\C/C=C\C/C=C\C/C=C\C/C=C\C/C=C\C/C=C\CCCCCCC(=O)OC(COC(=O)CCCC/C=C\C/C=C\C/C=C\C/C=C\C/C=C\C/C=C\C/C=C\C/C=C\CC)COC(OCC[N+](C)(C)C)C(=O)O. The number of ether oxygens (including phenoxy) is 4. The normalized spacial score (nSPS) is 14.2. The first-order valence-corrected chi connectivity index (χ1v) is 32.9. The molecule has 0 aliphatic carbocycles. The van der Waals surface area contributed by atoms with Crippen molar-refractivity contribution in [3.05, 3.63) is 219 Å². The van der Waals surface area contributed by atoms with E-state index in [9.17, 15) is 19.5 Å². The molecule has 0 aliphatic heterocycles. The number of hydrogen-bond donors (Lipinski definition) is 1. The van der Waals surface area contributed by atoms with Crippen molar-refractivity contribution in [1.82, 2.24) is 0 Å². The molecule has 2 unspecified atom stereocenters. The molecule has 87 heavy (non-hydrogen) atoms. The second kappa shape index (κ2) is 65.6. The highest BCUT2D eigenvalue weighted by Gasteiger charge is 2.25. The highest BCUT2D eigenvalue weighted by molar-refractivity contribution is 5.71. The van der Waals surface area contributed by atoms with Crippen LogP contribution < -0.4 is 0 Å². The van der Waals surface area contributed by atoms with E-state index in [-0.39, 0.29) is 32.7 Å². The Morgan fingerprint density at radius 3 is 0.931 bits per heavy atom. The topological polar surface area (TPSA) is 108 Å². The third-order valence-electron chi connectivity index (χ3n) is 12.7. The third kappa shape index (κ3) is 67.0. The minimum absolute atomic E-state index is 0.161. The molecule has 9 heteroatoms. The summed E-state index contributed by atoms with van der Waals surface area (Å²) in [5, 5.41) is 9.73. The lowest BCUT2D eigenvalue weighted by Crippen LogP contribution is -2.40. The predicted octanol–water partition coefficient (Wildman–Crippen LogP) is 20.6. The van der Waals surface area contributed by atoms with E-state index in [0.29, 0.717) is 23.9 Å². The van der Waals surface area contributed by atoms with Gasteiger partial charge in [-0.05, 0) is 154 Å². The van der Waals surface area contributed by atoms with Gasteiger partial charge >= 0.3 is 17.9 Å². The lowest BCUT2D eigenvalue weighted by molar-refractivity contribution is -0.870. The summed E-state index contributed by atoms with van der Waals surface area (Å²) in [6.07, 6.45) is 102. The molecular formula is C78H118NO8+. The van der Waals surface area contributed by atoms with E-state index in [1.165, 1.54) is 0 Å². The number of unbranched alkanes of at least 4 members (excludes halogenated alkanes) is 6. The molecule has 0 saturated carbocycles. The molecule has 0 spiro atoms. The Kier molecular flexibility index (Phi) is 60.8. The Labute approximate surface area is 530 Å². The van der Waals surface area contributed by atoms with Gasteiger partial charge in [-0.15, -0.1) is 0 Å². The van der Waals surface area contributed by atoms with Gasteiger partial charge < -0.3 is 28.5 Å². The summed E-state index contributed by atoms with van der Waals surface area (Å²) in [5.74, 6) is -2.13. The Bertz CT molecular complexity index is 2230. The van der Waals surface area contributed by atoms with Gasteiger partial charge in [-0.3, -0.25) is 9.59 Å². The zero-order chi connectivity index (χ0) is 63.3. The number of carbonyl (C=O) groups excluding carboxylic acids is 2. The van der Waals surface area contributed by atoms with Crippen LogP contribution >= 0.6 is 0 Å². The molecule has 0 aromatic heterocycles. The molecule has 0 heterocycles. The number of esters is 2. The number of likely N-dealkylation sites (N-methyl/N-ethyl adjacent to an activating group) is 1. The first kappa shape index (κ1) is 80.6. The second-order valence-corrected chi connectivity index (χ2v) is 22.0. The van der Waals surface area contributed by atoms with Crippen molar-refractivity contribution in [1.29, 1.82) is 0 Å². The van der Waals surface area contributed by atoms with Crippen LogP contribution in [0.2, 0.25) is 0 Å². The van der Waals surface area contributed by atoms with Crippen LogP contribution in [0.25, 0.3) is 0 Å². The van der Waals surface area contributed by atoms with E-state index in [1.807, 2.05) is 21.1 Å². The standard InChI is InChI=1S/C78H117NO8/c1-6-8-10-12-14-16-18-20-22-24-26-28-30-32-34-35-36-37-38-39-40-41-43-45-47-49-51-53-55-57-59-61-63-65-67-69-76(81)87-74(73-86-78(77(82)83)84-71-70-79(3,4)5)72-85-75(80)68-66-64-62-60-58-56-54-52-50-48-46-44-42-33-31-29-27-25-23-21-19-17-15-13-11-9-7-2/h8-11,14-17,20-23,26-29,32-34,36-37,39-40,42-43,45-46,48-49,51-52,54-55,57-58,60,74,78H,6-7,12-13,18-19,24-25,30-31,35,38,41,44,47,50,53,56,59,61-73H2,1-5H3/p+1/b10-8-,11-9-,16-14-,17-15-,22-20-,23-21-,28-26-,29-27-,34-32-,37-36-,40-39-,42-33-,45-43-,48-46-,51-49-,54-52-,57-55-,60-58-. The number of carboxylic acid groups (broad SMARTS) is 1. The molecule has 0 fully saturated rings. The van der Waals surface area contributed by atoms with E-state index in [4.69, 9.17) is 18.9 Å². The van der Waals surface area contributed by atoms with E-state index < -0.39 is 30.3 Å². The van der Waals surface area contributed by atoms with Crippen molar-refractivity contribution in [2.75, 3.05) is 47.5 Å². The van der Waals surface area contributed by atoms with Crippen LogP contribution in [0.5, 0.6) is 0 Å². The summed E-state index contributed by atoms with van der Waals surface area (Å²) in [7, 11) is 5.93. The number of aliphatic carboxylic acids is 1. The van der Waals surface area contributed by atoms with E-state index in [2.05, 4.69) is 233 Å². The number of nitrogens with zero attached hydrogens (tertiary/aromatic N) is 1. The monoisotopic (exact) mass is 1200 g/mol. The molecule has 0 aliphatic rings. The van der Waals surface area contributed by atoms with Crippen LogP contribution in [0.15, 0.2) is 219 Å². The summed E-state index contributed by atoms with van der Waals surface area (Å²) in [5.41, 5.74) is 0. The summed E-state index contributed by atoms with van der Waals surface area (Å²) < 4.78 is 22.8. The van der Waals surface area contributed by atoms with Crippen LogP contribution in [-0.4, -0.2) is 87.4 Å². The molecule has 0 aromatic carbocycles. The average Bonchev–Trinajstić information content (AvgIpc) is 3.56. The summed E-state index contributed by atoms with van der Waals surface area (Å²) in [4.78, 5) is 37.5. The predicted molar refractivity (Wildman–Crippen MR) is 372 cm³/mol. The van der Waals surface area contributed by atoms with Crippen molar-refractivity contribution in [3.8, 4) is 0 Å². The average molecular weight is 1200 g/mol. The number of allylic oxidation sites excluding steroid dienone is 36. The Morgan fingerprint density at radius 1 is 0.345 bits per heavy atom. The smallest absolute Gasteiger partial charge is 0.361 e. The lowest BCUT2D eigenvalue weighted by atomic mass is 10.1. The molecule has 0 radical (unpaired) electrons. The molecule has 0 amide bonds. The van der Waals surface area contributed by atoms with Gasteiger partial charge in [-0.25, -0.2) is 4.79 Å². The van der Waals surface area contributed by atoms with Gasteiger partial charge in [0.15, 0.2) is 6.10 Å². The molecule has 0 aromatic rings. The van der Waals surface area contributed by atoms with Gasteiger partial charge in [-0.2, -0.15) is 0 Å². The maximum atomic E-state index is 12.9. The van der Waals surface area contributed by atoms with Gasteiger partial charge in [0.05, 0.1) is 34.4 Å². The molecule has 0 rings (SSSR count). The van der Waals surface area contributed by atoms with Crippen molar-refractivity contribution >= 4 is 17.9 Å². The number of rotatable bonds is 57. The number of quaternary nitrogens is 1. The molecule has 2 atom stereocenters. The summed E-state index contributed by atoms with van der Waals surface area (Å²) in [6.45, 7) is 4.52. The zero-order valence-corrected chi connectivity index (χ0v) is 54.8. The van der Waals surface area contributed by atoms with Crippen LogP contribution in [0.3, 0.4) is 0 Å². The van der Waals surface area contributed by atoms with Crippen molar-refractivity contribution < 1.29 is 42.9 Å². The van der Waals surface area contributed by atoms with Crippen LogP contribution in [0, 0.1) is 0 Å². The Balaban J connectivity index is 4.40. The summed E-state index contributed by atoms with van der Waals surface area (Å²) in [6, 6.07) is 0. The van der Waals surface area contributed by atoms with Crippen LogP contribution in [0.1, 0.15) is 194 Å². The van der Waals surface area contributed by atoms with Gasteiger partial charge in [0.2, 0.25) is 0 Å². The molecule has 1 N–H and O–H groups in total. The summed E-state index contributed by atoms with van der Waals surface area (Å²) >= 11 is 0. The van der Waals surface area contributed by atoms with Gasteiger partial charge in [0, 0.05) is 12.8 Å². The van der Waals surface area contributed by atoms with Crippen molar-refractivity contribution in [2.45, 2.75) is 206 Å². The van der Waals surface area contributed by atoms with Gasteiger partial charge in [-0.1, -0.05) is 245 Å². The highest BCUT2D eigenvalue weighted by Crippen LogP contribution is 2.12. The minimum atomic E-state index is -1.55. The maximum absolute atomic E-state index is 12.9. The fourth-order valence-corrected chi connectivity index (χ4v) is 7.76. The number of carboxylic acids is 1. The molecule has 0 saturated heterocycles. The van der Waals surface area contributed by atoms with E-state index in [0.717, 1.165) is 154 Å². The first-order chi connectivity index (χ1) is 42.6. The third-order valence-corrected chi connectivity index (χ3v) is 12.7. The maximum Gasteiger partial charge on any atom is 0.361 e. The van der Waals surface area contributed by atoms with Crippen LogP contribution in [-0.2, 0) is 33.3 Å². The molecule has 0 bridgehead atoms.